The highest BCUT2D eigenvalue weighted by Crippen LogP contribution is 2.28. The van der Waals surface area contributed by atoms with Gasteiger partial charge < -0.3 is 9.42 Å². The number of likely N-dealkylation sites (tertiary alicyclic amines) is 1. The van der Waals surface area contributed by atoms with Gasteiger partial charge in [0.1, 0.15) is 0 Å². The van der Waals surface area contributed by atoms with Gasteiger partial charge in [0.2, 0.25) is 5.89 Å². The third kappa shape index (κ3) is 2.85. The maximum absolute atomic E-state index is 12.6. The number of piperidine rings is 1. The molecular formula is C15H19N3O2S. The minimum absolute atomic E-state index is 0.169. The van der Waals surface area contributed by atoms with Gasteiger partial charge in [-0.05, 0) is 43.2 Å². The van der Waals surface area contributed by atoms with Gasteiger partial charge in [-0.25, -0.2) is 0 Å². The lowest BCUT2D eigenvalue weighted by Crippen LogP contribution is -2.38. The maximum atomic E-state index is 12.6. The van der Waals surface area contributed by atoms with Crippen LogP contribution in [0.3, 0.4) is 0 Å². The van der Waals surface area contributed by atoms with Crippen molar-refractivity contribution in [1.82, 2.24) is 15.0 Å². The Morgan fingerprint density at radius 2 is 2.24 bits per heavy atom. The molecule has 0 aromatic carbocycles. The summed E-state index contributed by atoms with van der Waals surface area (Å²) in [4.78, 5) is 19.7. The van der Waals surface area contributed by atoms with Crippen LogP contribution >= 0.6 is 11.3 Å². The van der Waals surface area contributed by atoms with Gasteiger partial charge in [-0.15, -0.1) is 11.3 Å². The third-order valence-electron chi connectivity index (χ3n) is 4.00. The van der Waals surface area contributed by atoms with Crippen LogP contribution in [0.25, 0.3) is 0 Å². The number of hydrogen-bond acceptors (Lipinski definition) is 5. The van der Waals surface area contributed by atoms with Gasteiger partial charge in [0.15, 0.2) is 5.82 Å². The summed E-state index contributed by atoms with van der Waals surface area (Å²) in [6.07, 6.45) is 2.68. The van der Waals surface area contributed by atoms with Crippen LogP contribution in [0.2, 0.25) is 0 Å². The van der Waals surface area contributed by atoms with Crippen LogP contribution in [0.5, 0.6) is 0 Å². The first-order valence-corrected chi connectivity index (χ1v) is 8.23. The number of carbonyl (C=O) groups is 1. The highest BCUT2D eigenvalue weighted by atomic mass is 32.1. The quantitative estimate of drug-likeness (QED) is 0.874. The highest BCUT2D eigenvalue weighted by molar-refractivity contribution is 7.12. The average molecular weight is 305 g/mol. The van der Waals surface area contributed by atoms with Gasteiger partial charge in [-0.2, -0.15) is 4.98 Å². The summed E-state index contributed by atoms with van der Waals surface area (Å²) in [6, 6.07) is 2.05. The van der Waals surface area contributed by atoms with Crippen LogP contribution in [0.4, 0.5) is 0 Å². The minimum atomic E-state index is 0.169. The van der Waals surface area contributed by atoms with E-state index < -0.39 is 0 Å². The molecule has 3 heterocycles. The van der Waals surface area contributed by atoms with Crippen molar-refractivity contribution >= 4 is 17.2 Å². The second kappa shape index (κ2) is 5.97. The van der Waals surface area contributed by atoms with E-state index >= 15 is 0 Å². The Kier molecular flexibility index (Phi) is 4.05. The molecule has 5 nitrogen and oxygen atoms in total. The number of hydrogen-bond donors (Lipinski definition) is 0. The van der Waals surface area contributed by atoms with Crippen LogP contribution in [-0.2, 0) is 6.42 Å². The monoisotopic (exact) mass is 305 g/mol. The van der Waals surface area contributed by atoms with Gasteiger partial charge in [0.25, 0.3) is 5.91 Å². The van der Waals surface area contributed by atoms with E-state index in [0.29, 0.717) is 11.7 Å². The van der Waals surface area contributed by atoms with Crippen LogP contribution in [-0.4, -0.2) is 34.0 Å². The molecule has 0 spiro atoms. The number of rotatable bonds is 3. The van der Waals surface area contributed by atoms with E-state index in [1.165, 1.54) is 0 Å². The molecule has 1 aliphatic heterocycles. The van der Waals surface area contributed by atoms with Gasteiger partial charge in [0.05, 0.1) is 4.88 Å². The first-order chi connectivity index (χ1) is 10.2. The molecule has 6 heteroatoms. The van der Waals surface area contributed by atoms with Gasteiger partial charge in [-0.3, -0.25) is 4.79 Å². The second-order valence-corrected chi connectivity index (χ2v) is 6.29. The number of thiophene rings is 1. The molecule has 3 rings (SSSR count). The summed E-state index contributed by atoms with van der Waals surface area (Å²) in [7, 11) is 0. The van der Waals surface area contributed by atoms with Crippen LogP contribution in [0.1, 0.15) is 52.6 Å². The molecule has 1 aliphatic rings. The van der Waals surface area contributed by atoms with Gasteiger partial charge in [0, 0.05) is 19.0 Å². The molecule has 0 atom stereocenters. The van der Waals surface area contributed by atoms with Crippen LogP contribution in [0.15, 0.2) is 16.0 Å². The van der Waals surface area contributed by atoms with Crippen molar-refractivity contribution in [1.29, 1.82) is 0 Å². The predicted octanol–water partition coefficient (Wildman–Crippen LogP) is 3.02. The molecule has 0 N–H and O–H groups in total. The Bertz CT molecular complexity index is 626. The second-order valence-electron chi connectivity index (χ2n) is 5.37. The smallest absolute Gasteiger partial charge is 0.264 e. The lowest BCUT2D eigenvalue weighted by Gasteiger charge is -2.30. The maximum Gasteiger partial charge on any atom is 0.264 e. The standard InChI is InChI=1S/C15H19N3O2S/c1-3-11-6-9-21-13(11)15(19)18-7-4-12(5-8-18)14-16-10(2)17-20-14/h6,9,12H,3-5,7-8H2,1-2H3. The molecule has 2 aromatic heterocycles. The van der Waals surface area contributed by atoms with Crippen molar-refractivity contribution in [2.75, 3.05) is 13.1 Å². The molecular weight excluding hydrogens is 286 g/mol. The fraction of sp³-hybridized carbons (Fsp3) is 0.533. The van der Waals surface area contributed by atoms with E-state index in [1.54, 1.807) is 11.3 Å². The van der Waals surface area contributed by atoms with E-state index in [0.717, 1.165) is 42.8 Å². The Labute approximate surface area is 128 Å². The number of aryl methyl sites for hydroxylation is 2. The average Bonchev–Trinajstić information content (AvgIpc) is 3.15. The SMILES string of the molecule is CCc1ccsc1C(=O)N1CCC(c2nc(C)no2)CC1. The Morgan fingerprint density at radius 3 is 2.86 bits per heavy atom. The number of nitrogens with zero attached hydrogens (tertiary/aromatic N) is 3. The number of aromatic nitrogens is 2. The fourth-order valence-electron chi connectivity index (χ4n) is 2.75. The molecule has 0 saturated carbocycles. The zero-order valence-corrected chi connectivity index (χ0v) is 13.2. The van der Waals surface area contributed by atoms with Gasteiger partial charge in [-0.1, -0.05) is 12.1 Å². The largest absolute Gasteiger partial charge is 0.339 e. The first-order valence-electron chi connectivity index (χ1n) is 7.35. The van der Waals surface area contributed by atoms with Crippen molar-refractivity contribution in [3.8, 4) is 0 Å². The highest BCUT2D eigenvalue weighted by Gasteiger charge is 2.28. The van der Waals surface area contributed by atoms with Crippen molar-refractivity contribution in [3.63, 3.8) is 0 Å². The summed E-state index contributed by atoms with van der Waals surface area (Å²) < 4.78 is 5.25. The van der Waals surface area contributed by atoms with E-state index in [4.69, 9.17) is 4.52 Å². The first kappa shape index (κ1) is 14.3. The molecule has 2 aromatic rings. The van der Waals surface area contributed by atoms with Crippen molar-refractivity contribution in [2.45, 2.75) is 39.0 Å². The van der Waals surface area contributed by atoms with Crippen molar-refractivity contribution in [2.24, 2.45) is 0 Å². The molecule has 1 amide bonds. The van der Waals surface area contributed by atoms with E-state index in [-0.39, 0.29) is 11.8 Å². The van der Waals surface area contributed by atoms with Crippen molar-refractivity contribution < 1.29 is 9.32 Å². The lowest BCUT2D eigenvalue weighted by molar-refractivity contribution is 0.0708. The normalized spacial score (nSPS) is 16.4. The molecule has 112 valence electrons. The summed E-state index contributed by atoms with van der Waals surface area (Å²) in [5, 5.41) is 5.84. The summed E-state index contributed by atoms with van der Waals surface area (Å²) in [5.41, 5.74) is 1.15. The summed E-state index contributed by atoms with van der Waals surface area (Å²) in [6.45, 7) is 5.43. The van der Waals surface area contributed by atoms with E-state index in [2.05, 4.69) is 17.1 Å². The zero-order valence-electron chi connectivity index (χ0n) is 12.3. The molecule has 0 radical (unpaired) electrons. The molecule has 21 heavy (non-hydrogen) atoms. The number of carbonyl (C=O) groups excluding carboxylic acids is 1. The third-order valence-corrected chi connectivity index (χ3v) is 4.94. The zero-order chi connectivity index (χ0) is 14.8. The molecule has 1 saturated heterocycles. The Morgan fingerprint density at radius 1 is 1.48 bits per heavy atom. The van der Waals surface area contributed by atoms with Gasteiger partial charge >= 0.3 is 0 Å². The minimum Gasteiger partial charge on any atom is -0.339 e. The summed E-state index contributed by atoms with van der Waals surface area (Å²) in [5.74, 6) is 1.84. The fourth-order valence-corrected chi connectivity index (χ4v) is 3.72. The van der Waals surface area contributed by atoms with Crippen molar-refractivity contribution in [3.05, 3.63) is 33.6 Å². The van der Waals surface area contributed by atoms with E-state index in [9.17, 15) is 4.79 Å². The molecule has 1 fully saturated rings. The predicted molar refractivity (Wildman–Crippen MR) is 80.6 cm³/mol. The molecule has 0 bridgehead atoms. The van der Waals surface area contributed by atoms with Crippen LogP contribution < -0.4 is 0 Å². The van der Waals surface area contributed by atoms with E-state index in [1.807, 2.05) is 23.3 Å². The lowest BCUT2D eigenvalue weighted by atomic mass is 9.96. The molecule has 0 aliphatic carbocycles. The Balaban J connectivity index is 1.64. The molecule has 0 unspecified atom stereocenters. The number of amides is 1. The Hall–Kier alpha value is -1.69. The summed E-state index contributed by atoms with van der Waals surface area (Å²) >= 11 is 1.54. The topological polar surface area (TPSA) is 59.2 Å². The van der Waals surface area contributed by atoms with Crippen LogP contribution in [0, 0.1) is 6.92 Å².